The van der Waals surface area contributed by atoms with Crippen molar-refractivity contribution in [2.24, 2.45) is 4.99 Å². The minimum atomic E-state index is -0.688. The number of nitrogens with one attached hydrogen (secondary N) is 1. The highest BCUT2D eigenvalue weighted by atomic mass is 35.5. The molecule has 0 spiro atoms. The van der Waals surface area contributed by atoms with Gasteiger partial charge < -0.3 is 5.32 Å². The van der Waals surface area contributed by atoms with Crippen LogP contribution in [0.5, 0.6) is 0 Å². The summed E-state index contributed by atoms with van der Waals surface area (Å²) in [4.78, 5) is 4.71. The van der Waals surface area contributed by atoms with E-state index in [1.807, 2.05) is 0 Å². The summed E-state index contributed by atoms with van der Waals surface area (Å²) in [5, 5.41) is 3.34. The fourth-order valence-electron chi connectivity index (χ4n) is 2.22. The Hall–Kier alpha value is -1.85. The Kier molecular flexibility index (Phi) is 3.69. The second kappa shape index (κ2) is 5.50. The Balaban J connectivity index is 2.31. The molecule has 0 saturated heterocycles. The first-order valence-electron chi connectivity index (χ1n) is 6.15. The van der Waals surface area contributed by atoms with Crippen molar-refractivity contribution >= 4 is 40.2 Å². The monoisotopic (exact) mass is 322 g/mol. The van der Waals surface area contributed by atoms with Crippen LogP contribution in [0, 0.1) is 11.6 Å². The molecule has 106 valence electrons. The molecule has 0 fully saturated rings. The molecule has 0 amide bonds. The number of fused-ring (bicyclic) bond motifs is 1. The molecule has 2 aromatic carbocycles. The maximum absolute atomic E-state index is 14.1. The fourth-order valence-corrected chi connectivity index (χ4v) is 2.66. The van der Waals surface area contributed by atoms with Crippen LogP contribution in [0.2, 0.25) is 5.02 Å². The van der Waals surface area contributed by atoms with E-state index < -0.39 is 11.6 Å². The number of hydrogen-bond donors (Lipinski definition) is 1. The van der Waals surface area contributed by atoms with E-state index in [0.717, 1.165) is 0 Å². The number of hydrogen-bond acceptors (Lipinski definition) is 2. The summed E-state index contributed by atoms with van der Waals surface area (Å²) in [7, 11) is 0. The zero-order valence-corrected chi connectivity index (χ0v) is 12.2. The molecule has 2 aromatic rings. The van der Waals surface area contributed by atoms with Crippen molar-refractivity contribution < 1.29 is 8.78 Å². The van der Waals surface area contributed by atoms with E-state index in [0.29, 0.717) is 21.3 Å². The molecule has 0 bridgehead atoms. The Morgan fingerprint density at radius 3 is 2.43 bits per heavy atom. The lowest BCUT2D eigenvalue weighted by Gasteiger charge is -2.13. The molecule has 0 radical (unpaired) electrons. The molecule has 0 unspecified atom stereocenters. The smallest absolute Gasteiger partial charge is 0.135 e. The highest BCUT2D eigenvalue weighted by Crippen LogP contribution is 2.31. The highest BCUT2D eigenvalue weighted by Gasteiger charge is 2.24. The van der Waals surface area contributed by atoms with Gasteiger partial charge in [-0.25, -0.2) is 8.78 Å². The van der Waals surface area contributed by atoms with Gasteiger partial charge in [0.05, 0.1) is 22.8 Å². The van der Waals surface area contributed by atoms with E-state index in [1.165, 1.54) is 18.2 Å². The molecule has 0 aromatic heterocycles. The van der Waals surface area contributed by atoms with Crippen LogP contribution in [0.4, 0.5) is 14.5 Å². The number of rotatable bonds is 1. The minimum Gasteiger partial charge on any atom is -0.348 e. The van der Waals surface area contributed by atoms with Gasteiger partial charge in [-0.2, -0.15) is 0 Å². The summed E-state index contributed by atoms with van der Waals surface area (Å²) >= 11 is 11.3. The topological polar surface area (TPSA) is 24.4 Å². The fraction of sp³-hybridized carbons (Fsp3) is 0.0667. The van der Waals surface area contributed by atoms with Crippen molar-refractivity contribution in [2.75, 3.05) is 11.9 Å². The third kappa shape index (κ3) is 2.54. The van der Waals surface area contributed by atoms with Crippen LogP contribution in [0.1, 0.15) is 11.1 Å². The summed E-state index contributed by atoms with van der Waals surface area (Å²) in [6, 6.07) is 8.80. The quantitative estimate of drug-likeness (QED) is 0.795. The third-order valence-corrected chi connectivity index (χ3v) is 3.65. The van der Waals surface area contributed by atoms with Gasteiger partial charge in [0, 0.05) is 11.3 Å². The largest absolute Gasteiger partial charge is 0.348 e. The van der Waals surface area contributed by atoms with Crippen LogP contribution in [0.15, 0.2) is 41.4 Å². The van der Waals surface area contributed by atoms with Crippen LogP contribution in [0.3, 0.4) is 0 Å². The molecule has 1 heterocycles. The summed E-state index contributed by atoms with van der Waals surface area (Å²) in [6.07, 6.45) is 0. The molecule has 6 heteroatoms. The lowest BCUT2D eigenvalue weighted by atomic mass is 9.99. The maximum Gasteiger partial charge on any atom is 0.135 e. The predicted octanol–water partition coefficient (Wildman–Crippen LogP) is 4.21. The average Bonchev–Trinajstić information content (AvgIpc) is 2.59. The molecule has 0 atom stereocenters. The molecule has 0 aliphatic carbocycles. The van der Waals surface area contributed by atoms with Crippen LogP contribution in [-0.2, 0) is 0 Å². The van der Waals surface area contributed by atoms with Gasteiger partial charge in [0.15, 0.2) is 0 Å². The molecule has 3 rings (SSSR count). The second-order valence-corrected chi connectivity index (χ2v) is 5.37. The number of thiocarbonyl (C=S) groups is 1. The first kappa shape index (κ1) is 14.1. The summed E-state index contributed by atoms with van der Waals surface area (Å²) in [5.41, 5.74) is 1.01. The van der Waals surface area contributed by atoms with Crippen molar-refractivity contribution in [3.8, 4) is 0 Å². The van der Waals surface area contributed by atoms with E-state index in [1.54, 1.807) is 18.2 Å². The molecule has 1 aliphatic rings. The Morgan fingerprint density at radius 2 is 1.71 bits per heavy atom. The molecule has 1 aliphatic heterocycles. The van der Waals surface area contributed by atoms with Crippen LogP contribution in [-0.4, -0.2) is 17.2 Å². The second-order valence-electron chi connectivity index (χ2n) is 4.47. The number of benzene rings is 2. The van der Waals surface area contributed by atoms with Gasteiger partial charge in [-0.15, -0.1) is 0 Å². The van der Waals surface area contributed by atoms with Crippen molar-refractivity contribution in [1.29, 1.82) is 0 Å². The van der Waals surface area contributed by atoms with E-state index in [4.69, 9.17) is 23.8 Å². The Labute approximate surface area is 130 Å². The normalized spacial score (nSPS) is 14.0. The van der Waals surface area contributed by atoms with Crippen molar-refractivity contribution in [3.05, 3.63) is 64.2 Å². The Morgan fingerprint density at radius 1 is 1.05 bits per heavy atom. The average molecular weight is 323 g/mol. The van der Waals surface area contributed by atoms with Crippen LogP contribution >= 0.6 is 23.8 Å². The van der Waals surface area contributed by atoms with Crippen LogP contribution in [0.25, 0.3) is 0 Å². The van der Waals surface area contributed by atoms with Crippen molar-refractivity contribution in [2.45, 2.75) is 0 Å². The molecule has 0 saturated carbocycles. The molecular formula is C15H9ClF2N2S. The first-order chi connectivity index (χ1) is 10.1. The highest BCUT2D eigenvalue weighted by molar-refractivity contribution is 7.80. The molecule has 21 heavy (non-hydrogen) atoms. The van der Waals surface area contributed by atoms with E-state index in [2.05, 4.69) is 10.3 Å². The standard InChI is InChI=1S/C15H9ClF2N2S/c16-8-3-1-6-11-13(8)15(19-7-12(21)20-11)14-9(17)4-2-5-10(14)18/h1-6H,7H2,(H,20,21). The first-order valence-corrected chi connectivity index (χ1v) is 6.94. The van der Waals surface area contributed by atoms with Gasteiger partial charge >= 0.3 is 0 Å². The van der Waals surface area contributed by atoms with Gasteiger partial charge in [0.25, 0.3) is 0 Å². The molecular weight excluding hydrogens is 314 g/mol. The minimum absolute atomic E-state index is 0.142. The number of anilines is 1. The van der Waals surface area contributed by atoms with Gasteiger partial charge in [-0.1, -0.05) is 36.0 Å². The van der Waals surface area contributed by atoms with E-state index >= 15 is 0 Å². The summed E-state index contributed by atoms with van der Waals surface area (Å²) in [6.45, 7) is 0.142. The number of nitrogens with zero attached hydrogens (tertiary/aromatic N) is 1. The lowest BCUT2D eigenvalue weighted by Crippen LogP contribution is -2.11. The van der Waals surface area contributed by atoms with Gasteiger partial charge in [0.2, 0.25) is 0 Å². The zero-order valence-electron chi connectivity index (χ0n) is 10.7. The van der Waals surface area contributed by atoms with Crippen LogP contribution < -0.4 is 5.32 Å². The van der Waals surface area contributed by atoms with Gasteiger partial charge in [0.1, 0.15) is 16.6 Å². The predicted molar refractivity (Wildman–Crippen MR) is 84.5 cm³/mol. The molecule has 2 nitrogen and oxygen atoms in total. The van der Waals surface area contributed by atoms with Gasteiger partial charge in [-0.05, 0) is 24.3 Å². The summed E-state index contributed by atoms with van der Waals surface area (Å²) < 4.78 is 28.1. The Bertz CT molecular complexity index is 754. The van der Waals surface area contributed by atoms with E-state index in [-0.39, 0.29) is 17.8 Å². The van der Waals surface area contributed by atoms with Gasteiger partial charge in [-0.3, -0.25) is 4.99 Å². The zero-order chi connectivity index (χ0) is 15.0. The van der Waals surface area contributed by atoms with Crippen molar-refractivity contribution in [3.63, 3.8) is 0 Å². The van der Waals surface area contributed by atoms with Crippen molar-refractivity contribution in [1.82, 2.24) is 0 Å². The number of benzodiazepines with no additional fused rings is 1. The SMILES string of the molecule is Fc1cccc(F)c1C1=NCC(=S)Nc2cccc(Cl)c21. The lowest BCUT2D eigenvalue weighted by molar-refractivity contribution is 0.579. The maximum atomic E-state index is 14.1. The third-order valence-electron chi connectivity index (χ3n) is 3.10. The number of aliphatic imine (C=N–C) groups is 1. The van der Waals surface area contributed by atoms with E-state index in [9.17, 15) is 8.78 Å². The number of halogens is 3. The molecule has 1 N–H and O–H groups in total. The summed E-state index contributed by atoms with van der Waals surface area (Å²) in [5.74, 6) is -1.38.